The summed E-state index contributed by atoms with van der Waals surface area (Å²) in [6.07, 6.45) is -2.73. The predicted molar refractivity (Wildman–Crippen MR) is 61.5 cm³/mol. The number of hydrogen-bond donors (Lipinski definition) is 1. The van der Waals surface area contributed by atoms with Crippen LogP contribution in [0, 0.1) is 6.92 Å². The number of rotatable bonds is 2. The van der Waals surface area contributed by atoms with E-state index in [-0.39, 0.29) is 5.75 Å². The molecular weight excluding hydrogens is 251 g/mol. The molecule has 0 fully saturated rings. The molecule has 0 atom stereocenters. The van der Waals surface area contributed by atoms with Gasteiger partial charge in [0, 0.05) is 22.0 Å². The van der Waals surface area contributed by atoms with E-state index in [4.69, 9.17) is 0 Å². The van der Waals surface area contributed by atoms with Gasteiger partial charge in [0.05, 0.1) is 5.52 Å². The Balaban J connectivity index is 2.45. The van der Waals surface area contributed by atoms with Crippen molar-refractivity contribution < 1.29 is 17.9 Å². The maximum absolute atomic E-state index is 12.1. The Bertz CT molecular complexity index is 547. The molecular formula is C11H10F3NOS. The predicted octanol–water partition coefficient (Wildman–Crippen LogP) is 4.10. The van der Waals surface area contributed by atoms with E-state index in [1.165, 1.54) is 12.1 Å². The van der Waals surface area contributed by atoms with Gasteiger partial charge in [-0.3, -0.25) is 0 Å². The summed E-state index contributed by atoms with van der Waals surface area (Å²) in [5.41, 5.74) is 1.59. The monoisotopic (exact) mass is 261 g/mol. The zero-order chi connectivity index (χ0) is 12.6. The first-order chi connectivity index (χ1) is 7.90. The molecule has 2 rings (SSSR count). The highest BCUT2D eigenvalue weighted by Gasteiger charge is 2.31. The van der Waals surface area contributed by atoms with Crippen molar-refractivity contribution in [3.63, 3.8) is 0 Å². The number of alkyl halides is 3. The van der Waals surface area contributed by atoms with E-state index in [0.717, 1.165) is 16.0 Å². The van der Waals surface area contributed by atoms with Crippen molar-refractivity contribution in [1.82, 2.24) is 4.98 Å². The molecule has 6 heteroatoms. The topological polar surface area (TPSA) is 25.0 Å². The third kappa shape index (κ3) is 2.52. The zero-order valence-electron chi connectivity index (χ0n) is 9.18. The van der Waals surface area contributed by atoms with E-state index in [0.29, 0.717) is 5.52 Å². The van der Waals surface area contributed by atoms with Crippen LogP contribution in [0.25, 0.3) is 10.9 Å². The number of fused-ring (bicyclic) bond motifs is 1. The van der Waals surface area contributed by atoms with Crippen LogP contribution in [0.3, 0.4) is 0 Å². The molecule has 0 aliphatic heterocycles. The summed E-state index contributed by atoms with van der Waals surface area (Å²) in [7, 11) is 0. The van der Waals surface area contributed by atoms with E-state index in [9.17, 15) is 13.2 Å². The first-order valence-corrected chi connectivity index (χ1v) is 6.05. The smallest absolute Gasteiger partial charge is 0.406 e. The van der Waals surface area contributed by atoms with Crippen molar-refractivity contribution >= 4 is 22.7 Å². The number of aromatic amines is 1. The van der Waals surface area contributed by atoms with Crippen LogP contribution in [0.15, 0.2) is 23.1 Å². The average Bonchev–Trinajstić information content (AvgIpc) is 2.50. The summed E-state index contributed by atoms with van der Waals surface area (Å²) in [5.74, 6) is -0.209. The van der Waals surface area contributed by atoms with Gasteiger partial charge in [0.15, 0.2) is 0 Å². The molecule has 0 amide bonds. The van der Waals surface area contributed by atoms with Crippen molar-refractivity contribution in [1.29, 1.82) is 0 Å². The lowest BCUT2D eigenvalue weighted by molar-refractivity contribution is -0.274. The van der Waals surface area contributed by atoms with Crippen LogP contribution < -0.4 is 4.74 Å². The summed E-state index contributed by atoms with van der Waals surface area (Å²) in [6, 6.07) is 4.31. The van der Waals surface area contributed by atoms with Crippen molar-refractivity contribution in [3.05, 3.63) is 23.9 Å². The summed E-state index contributed by atoms with van der Waals surface area (Å²) in [4.78, 5) is 4.08. The Kier molecular flexibility index (Phi) is 2.99. The van der Waals surface area contributed by atoms with Gasteiger partial charge in [0.25, 0.3) is 0 Å². The Labute approximate surface area is 100 Å². The molecule has 0 saturated carbocycles. The maximum atomic E-state index is 12.1. The molecule has 1 aromatic heterocycles. The summed E-state index contributed by atoms with van der Waals surface area (Å²) in [6.45, 7) is 1.89. The average molecular weight is 261 g/mol. The fourth-order valence-corrected chi connectivity index (χ4v) is 2.50. The molecule has 2 nitrogen and oxygen atoms in total. The molecule has 1 heterocycles. The molecule has 92 valence electrons. The van der Waals surface area contributed by atoms with E-state index in [1.807, 2.05) is 13.2 Å². The largest absolute Gasteiger partial charge is 0.573 e. The second-order valence-electron chi connectivity index (χ2n) is 3.54. The molecule has 1 N–H and O–H groups in total. The van der Waals surface area contributed by atoms with Crippen LogP contribution >= 0.6 is 11.8 Å². The minimum absolute atomic E-state index is 0.209. The molecule has 0 bridgehead atoms. The number of H-pyrrole nitrogens is 1. The SMILES string of the molecule is CSc1c(C)[nH]c2cc(OC(F)(F)F)ccc12. The third-order valence-corrected chi connectivity index (χ3v) is 3.27. The van der Waals surface area contributed by atoms with E-state index >= 15 is 0 Å². The van der Waals surface area contributed by atoms with Crippen molar-refractivity contribution in [2.24, 2.45) is 0 Å². The second kappa shape index (κ2) is 4.18. The van der Waals surface area contributed by atoms with Crippen LogP contribution in [0.4, 0.5) is 13.2 Å². The van der Waals surface area contributed by atoms with Crippen LogP contribution in [0.2, 0.25) is 0 Å². The third-order valence-electron chi connectivity index (χ3n) is 2.34. The zero-order valence-corrected chi connectivity index (χ0v) is 10.00. The van der Waals surface area contributed by atoms with Crippen molar-refractivity contribution in [2.45, 2.75) is 18.2 Å². The van der Waals surface area contributed by atoms with Crippen molar-refractivity contribution in [2.75, 3.05) is 6.26 Å². The van der Waals surface area contributed by atoms with Gasteiger partial charge >= 0.3 is 6.36 Å². The lowest BCUT2D eigenvalue weighted by atomic mass is 10.2. The van der Waals surface area contributed by atoms with E-state index in [1.54, 1.807) is 17.8 Å². The van der Waals surface area contributed by atoms with Crippen LogP contribution in [0.1, 0.15) is 5.69 Å². The molecule has 1 aromatic carbocycles. The maximum Gasteiger partial charge on any atom is 0.573 e. The second-order valence-corrected chi connectivity index (χ2v) is 4.35. The minimum atomic E-state index is -4.66. The quantitative estimate of drug-likeness (QED) is 0.823. The number of thioether (sulfide) groups is 1. The van der Waals surface area contributed by atoms with Crippen molar-refractivity contribution in [3.8, 4) is 5.75 Å². The molecule has 0 saturated heterocycles. The van der Waals surface area contributed by atoms with Gasteiger partial charge < -0.3 is 9.72 Å². The highest BCUT2D eigenvalue weighted by atomic mass is 32.2. The Hall–Kier alpha value is -1.30. The molecule has 17 heavy (non-hydrogen) atoms. The van der Waals surface area contributed by atoms with Crippen LogP contribution in [-0.2, 0) is 0 Å². The first-order valence-electron chi connectivity index (χ1n) is 4.83. The number of benzene rings is 1. The Morgan fingerprint density at radius 3 is 2.59 bits per heavy atom. The highest BCUT2D eigenvalue weighted by Crippen LogP contribution is 2.33. The lowest BCUT2D eigenvalue weighted by Gasteiger charge is -2.08. The number of aryl methyl sites for hydroxylation is 1. The molecule has 0 unspecified atom stereocenters. The number of nitrogens with one attached hydrogen (secondary N) is 1. The Morgan fingerprint density at radius 2 is 2.00 bits per heavy atom. The van der Waals surface area contributed by atoms with Gasteiger partial charge in [-0.1, -0.05) is 0 Å². The molecule has 0 aliphatic carbocycles. The number of aromatic nitrogens is 1. The van der Waals surface area contributed by atoms with Gasteiger partial charge in [-0.25, -0.2) is 0 Å². The van der Waals surface area contributed by atoms with Gasteiger partial charge in [-0.05, 0) is 25.3 Å². The highest BCUT2D eigenvalue weighted by molar-refractivity contribution is 7.98. The lowest BCUT2D eigenvalue weighted by Crippen LogP contribution is -2.16. The van der Waals surface area contributed by atoms with E-state index < -0.39 is 6.36 Å². The molecule has 0 spiro atoms. The molecule has 0 aliphatic rings. The number of hydrogen-bond acceptors (Lipinski definition) is 2. The van der Waals surface area contributed by atoms with Crippen LogP contribution in [-0.4, -0.2) is 17.6 Å². The summed E-state index contributed by atoms with van der Waals surface area (Å²) >= 11 is 1.56. The van der Waals surface area contributed by atoms with E-state index in [2.05, 4.69) is 9.72 Å². The first kappa shape index (κ1) is 12.2. The summed E-state index contributed by atoms with van der Waals surface area (Å²) in [5, 5.41) is 0.907. The number of ether oxygens (including phenoxy) is 1. The van der Waals surface area contributed by atoms with Gasteiger partial charge in [-0.2, -0.15) is 0 Å². The Morgan fingerprint density at radius 1 is 1.29 bits per heavy atom. The number of halogens is 3. The minimum Gasteiger partial charge on any atom is -0.406 e. The van der Waals surface area contributed by atoms with Gasteiger partial charge in [-0.15, -0.1) is 24.9 Å². The normalized spacial score (nSPS) is 12.1. The van der Waals surface area contributed by atoms with Gasteiger partial charge in [0.1, 0.15) is 5.75 Å². The van der Waals surface area contributed by atoms with Crippen LogP contribution in [0.5, 0.6) is 5.75 Å². The molecule has 0 radical (unpaired) electrons. The molecule has 2 aromatic rings. The fraction of sp³-hybridized carbons (Fsp3) is 0.273. The van der Waals surface area contributed by atoms with Gasteiger partial charge in [0.2, 0.25) is 0 Å². The standard InChI is InChI=1S/C11H10F3NOS/c1-6-10(17-2)8-4-3-7(5-9(8)15-6)16-11(12,13)14/h3-5,15H,1-2H3. The fourth-order valence-electron chi connectivity index (χ4n) is 1.75. The summed E-state index contributed by atoms with van der Waals surface area (Å²) < 4.78 is 40.0.